The van der Waals surface area contributed by atoms with E-state index in [0.29, 0.717) is 25.4 Å². The summed E-state index contributed by atoms with van der Waals surface area (Å²) in [4.78, 5) is 16.0. The van der Waals surface area contributed by atoms with Crippen LogP contribution in [-0.4, -0.2) is 24.0 Å². The monoisotopic (exact) mass is 323 g/mol. The van der Waals surface area contributed by atoms with Gasteiger partial charge in [0.15, 0.2) is 0 Å². The number of halogens is 1. The van der Waals surface area contributed by atoms with E-state index >= 15 is 0 Å². The largest absolute Gasteiger partial charge is 0.444 e. The van der Waals surface area contributed by atoms with Crippen LogP contribution in [0.1, 0.15) is 18.2 Å². The fourth-order valence-electron chi connectivity index (χ4n) is 1.85. The highest BCUT2D eigenvalue weighted by molar-refractivity contribution is 5.85. The summed E-state index contributed by atoms with van der Waals surface area (Å²) in [5.74, 6) is 0.414. The first-order chi connectivity index (χ1) is 10.1. The van der Waals surface area contributed by atoms with Crippen LogP contribution in [0.4, 0.5) is 0 Å². The van der Waals surface area contributed by atoms with Crippen LogP contribution < -0.4 is 11.1 Å². The van der Waals surface area contributed by atoms with Gasteiger partial charge in [-0.3, -0.25) is 4.79 Å². The molecule has 0 aliphatic heterocycles. The maximum atomic E-state index is 11.6. The summed E-state index contributed by atoms with van der Waals surface area (Å²) in [7, 11) is 0. The molecule has 0 spiro atoms. The molecular weight excluding hydrogens is 302 g/mol. The van der Waals surface area contributed by atoms with Gasteiger partial charge < -0.3 is 15.5 Å². The number of nitrogens with two attached hydrogens (primary N) is 1. The van der Waals surface area contributed by atoms with Crippen molar-refractivity contribution in [1.82, 2.24) is 10.3 Å². The predicted molar refractivity (Wildman–Crippen MR) is 88.9 cm³/mol. The second-order valence-corrected chi connectivity index (χ2v) is 5.19. The normalized spacial score (nSPS) is 11.6. The van der Waals surface area contributed by atoms with Crippen LogP contribution in [0.3, 0.4) is 0 Å². The van der Waals surface area contributed by atoms with Crippen LogP contribution in [0.2, 0.25) is 0 Å². The summed E-state index contributed by atoms with van der Waals surface area (Å²) in [5, 5.41) is 2.84. The molecular formula is C16H22ClN3O2. The highest BCUT2D eigenvalue weighted by Crippen LogP contribution is 2.19. The zero-order chi connectivity index (χ0) is 15.2. The molecule has 120 valence electrons. The van der Waals surface area contributed by atoms with Crippen LogP contribution >= 0.6 is 12.4 Å². The van der Waals surface area contributed by atoms with Crippen molar-refractivity contribution < 1.29 is 9.21 Å². The average Bonchev–Trinajstić information content (AvgIpc) is 2.95. The van der Waals surface area contributed by atoms with Gasteiger partial charge in [0.2, 0.25) is 11.8 Å². The lowest BCUT2D eigenvalue weighted by atomic mass is 10.1. The number of nitrogens with zero attached hydrogens (tertiary/aromatic N) is 1. The van der Waals surface area contributed by atoms with Gasteiger partial charge in [-0.15, -0.1) is 12.4 Å². The molecule has 1 atom stereocenters. The minimum Gasteiger partial charge on any atom is -0.444 e. The Hall–Kier alpha value is -1.85. The Morgan fingerprint density at radius 2 is 2.05 bits per heavy atom. The molecule has 2 rings (SSSR count). The molecule has 0 radical (unpaired) electrons. The molecule has 2 aromatic rings. The van der Waals surface area contributed by atoms with E-state index in [1.54, 1.807) is 13.2 Å². The number of aryl methyl sites for hydroxylation is 1. The van der Waals surface area contributed by atoms with Crippen molar-refractivity contribution in [2.45, 2.75) is 20.3 Å². The molecule has 1 unspecified atom stereocenters. The Morgan fingerprint density at radius 1 is 1.36 bits per heavy atom. The first-order valence-electron chi connectivity index (χ1n) is 7.09. The van der Waals surface area contributed by atoms with Crippen molar-refractivity contribution in [3.8, 4) is 11.5 Å². The highest BCUT2D eigenvalue weighted by atomic mass is 35.5. The second-order valence-electron chi connectivity index (χ2n) is 5.19. The number of amides is 1. The van der Waals surface area contributed by atoms with Gasteiger partial charge in [0, 0.05) is 31.0 Å². The van der Waals surface area contributed by atoms with Crippen molar-refractivity contribution >= 4 is 18.3 Å². The van der Waals surface area contributed by atoms with Crippen molar-refractivity contribution in [2.75, 3.05) is 13.1 Å². The number of nitrogens with one attached hydrogen (secondary N) is 1. The van der Waals surface area contributed by atoms with Gasteiger partial charge in [0.05, 0.1) is 5.69 Å². The highest BCUT2D eigenvalue weighted by Gasteiger charge is 2.11. The summed E-state index contributed by atoms with van der Waals surface area (Å²) < 4.78 is 5.47. The van der Waals surface area contributed by atoms with E-state index in [-0.39, 0.29) is 24.2 Å². The van der Waals surface area contributed by atoms with Crippen LogP contribution in [0.15, 0.2) is 34.9 Å². The van der Waals surface area contributed by atoms with Crippen LogP contribution in [0.5, 0.6) is 0 Å². The van der Waals surface area contributed by atoms with E-state index in [0.717, 1.165) is 11.3 Å². The molecule has 1 heterocycles. The minimum absolute atomic E-state index is 0. The van der Waals surface area contributed by atoms with Gasteiger partial charge in [-0.05, 0) is 19.1 Å². The number of aromatic nitrogens is 1. The molecule has 0 saturated carbocycles. The molecule has 1 aromatic heterocycles. The maximum absolute atomic E-state index is 11.6. The van der Waals surface area contributed by atoms with E-state index in [1.165, 1.54) is 5.56 Å². The Labute approximate surface area is 136 Å². The van der Waals surface area contributed by atoms with E-state index < -0.39 is 0 Å². The predicted octanol–water partition coefficient (Wildman–Crippen LogP) is 2.33. The zero-order valence-electron chi connectivity index (χ0n) is 12.8. The summed E-state index contributed by atoms with van der Waals surface area (Å²) >= 11 is 0. The summed E-state index contributed by atoms with van der Waals surface area (Å²) in [6, 6.07) is 8.01. The molecule has 0 aliphatic carbocycles. The van der Waals surface area contributed by atoms with Gasteiger partial charge in [0.25, 0.3) is 0 Å². The number of benzene rings is 1. The van der Waals surface area contributed by atoms with Crippen LogP contribution in [0.25, 0.3) is 11.5 Å². The van der Waals surface area contributed by atoms with Crippen molar-refractivity contribution in [2.24, 2.45) is 11.7 Å². The Bertz CT molecular complexity index is 596. The van der Waals surface area contributed by atoms with Gasteiger partial charge in [0.1, 0.15) is 6.26 Å². The number of carbonyl (C=O) groups is 1. The summed E-state index contributed by atoms with van der Waals surface area (Å²) in [5.41, 5.74) is 8.42. The molecule has 0 bridgehead atoms. The number of hydrogen-bond donors (Lipinski definition) is 2. The summed E-state index contributed by atoms with van der Waals surface area (Å²) in [6.07, 6.45) is 2.27. The molecule has 0 saturated heterocycles. The number of oxazole rings is 1. The molecule has 1 amide bonds. The van der Waals surface area contributed by atoms with Crippen molar-refractivity contribution in [3.63, 3.8) is 0 Å². The quantitative estimate of drug-likeness (QED) is 0.855. The van der Waals surface area contributed by atoms with Gasteiger partial charge in [-0.1, -0.05) is 24.6 Å². The molecule has 0 fully saturated rings. The number of hydrogen-bond acceptors (Lipinski definition) is 4. The molecule has 5 nitrogen and oxygen atoms in total. The third kappa shape index (κ3) is 4.86. The topological polar surface area (TPSA) is 81.2 Å². The van der Waals surface area contributed by atoms with Crippen LogP contribution in [0, 0.1) is 12.8 Å². The Balaban J connectivity index is 0.00000242. The number of carbonyl (C=O) groups excluding carboxylic acids is 1. The second kappa shape index (κ2) is 8.56. The lowest BCUT2D eigenvalue weighted by Gasteiger charge is -2.08. The first-order valence-corrected chi connectivity index (χ1v) is 7.09. The SMILES string of the molecule is Cc1ccc(-c2nc(CCNC(=O)C(C)CN)co2)cc1.Cl. The summed E-state index contributed by atoms with van der Waals surface area (Å²) in [6.45, 7) is 4.73. The molecule has 22 heavy (non-hydrogen) atoms. The fraction of sp³-hybridized carbons (Fsp3) is 0.375. The van der Waals surface area contributed by atoms with E-state index in [9.17, 15) is 4.79 Å². The third-order valence-electron chi connectivity index (χ3n) is 3.33. The van der Waals surface area contributed by atoms with Gasteiger partial charge >= 0.3 is 0 Å². The number of rotatable bonds is 6. The van der Waals surface area contributed by atoms with E-state index in [1.807, 2.05) is 31.2 Å². The molecule has 0 aliphatic rings. The van der Waals surface area contributed by atoms with Gasteiger partial charge in [-0.25, -0.2) is 4.98 Å². The smallest absolute Gasteiger partial charge is 0.226 e. The van der Waals surface area contributed by atoms with Crippen molar-refractivity contribution in [1.29, 1.82) is 0 Å². The maximum Gasteiger partial charge on any atom is 0.226 e. The molecule has 3 N–H and O–H groups in total. The Kier molecular flexibility index (Phi) is 7.08. The van der Waals surface area contributed by atoms with Crippen molar-refractivity contribution in [3.05, 3.63) is 41.8 Å². The lowest BCUT2D eigenvalue weighted by Crippen LogP contribution is -2.34. The zero-order valence-corrected chi connectivity index (χ0v) is 13.7. The van der Waals surface area contributed by atoms with E-state index in [4.69, 9.17) is 10.2 Å². The van der Waals surface area contributed by atoms with E-state index in [2.05, 4.69) is 10.3 Å². The first kappa shape index (κ1) is 18.2. The standard InChI is InChI=1S/C16H21N3O2.ClH/c1-11-3-5-13(6-4-11)16-19-14(10-21-16)7-8-18-15(20)12(2)9-17;/h3-6,10,12H,7-9,17H2,1-2H3,(H,18,20);1H. The van der Waals surface area contributed by atoms with Crippen LogP contribution in [-0.2, 0) is 11.2 Å². The minimum atomic E-state index is -0.162. The van der Waals surface area contributed by atoms with Gasteiger partial charge in [-0.2, -0.15) is 0 Å². The fourth-order valence-corrected chi connectivity index (χ4v) is 1.85. The lowest BCUT2D eigenvalue weighted by molar-refractivity contribution is -0.124. The third-order valence-corrected chi connectivity index (χ3v) is 3.33. The average molecular weight is 324 g/mol. The Morgan fingerprint density at radius 3 is 2.68 bits per heavy atom. The molecule has 1 aromatic carbocycles. The molecule has 6 heteroatoms.